The third-order valence-corrected chi connectivity index (χ3v) is 2.78. The quantitative estimate of drug-likeness (QED) is 0.743. The summed E-state index contributed by atoms with van der Waals surface area (Å²) < 4.78 is 0. The largest absolute Gasteiger partial charge is 0.393 e. The van der Waals surface area contributed by atoms with Gasteiger partial charge in [-0.3, -0.25) is 9.59 Å². The highest BCUT2D eigenvalue weighted by Gasteiger charge is 2.06. The number of pyridine rings is 1. The molecule has 0 spiro atoms. The zero-order chi connectivity index (χ0) is 14.5. The molecule has 0 aliphatic heterocycles. The molecule has 0 aliphatic rings. The van der Waals surface area contributed by atoms with Gasteiger partial charge in [-0.25, -0.2) is 0 Å². The molecular weight excluding hydrogens is 274 g/mol. The van der Waals surface area contributed by atoms with Gasteiger partial charge in [0, 0.05) is 24.4 Å². The maximum absolute atomic E-state index is 11.9. The Kier molecular flexibility index (Phi) is 4.27. The van der Waals surface area contributed by atoms with Crippen LogP contribution < -0.4 is 16.6 Å². The van der Waals surface area contributed by atoms with Crippen LogP contribution in [-0.4, -0.2) is 15.9 Å². The lowest BCUT2D eigenvalue weighted by atomic mass is 10.1. The Balaban J connectivity index is 2.06. The van der Waals surface area contributed by atoms with E-state index in [9.17, 15) is 9.59 Å². The van der Waals surface area contributed by atoms with Crippen molar-refractivity contribution in [1.29, 1.82) is 0 Å². The summed E-state index contributed by atoms with van der Waals surface area (Å²) in [6, 6.07) is 10.0. The van der Waals surface area contributed by atoms with E-state index in [1.807, 2.05) is 12.1 Å². The van der Waals surface area contributed by atoms with Crippen molar-refractivity contribution in [2.75, 3.05) is 5.32 Å². The van der Waals surface area contributed by atoms with Crippen molar-refractivity contribution in [2.24, 2.45) is 5.73 Å². The Hall–Kier alpha value is -2.47. The molecule has 0 radical (unpaired) electrons. The van der Waals surface area contributed by atoms with Gasteiger partial charge in [0.1, 0.15) is 0 Å². The molecule has 0 bridgehead atoms. The van der Waals surface area contributed by atoms with Gasteiger partial charge in [0.05, 0.1) is 10.6 Å². The van der Waals surface area contributed by atoms with E-state index in [0.29, 0.717) is 22.7 Å². The summed E-state index contributed by atoms with van der Waals surface area (Å²) in [5.41, 5.74) is 7.25. The minimum atomic E-state index is -0.289. The van der Waals surface area contributed by atoms with Crippen LogP contribution in [0.3, 0.4) is 0 Å². The highest BCUT2D eigenvalue weighted by Crippen LogP contribution is 2.11. The van der Waals surface area contributed by atoms with Crippen LogP contribution in [0, 0.1) is 0 Å². The number of nitrogens with two attached hydrogens (primary N) is 1. The normalized spacial score (nSPS) is 10.0. The van der Waals surface area contributed by atoms with Gasteiger partial charge in [0.2, 0.25) is 5.56 Å². The van der Waals surface area contributed by atoms with Crippen LogP contribution >= 0.6 is 12.2 Å². The highest BCUT2D eigenvalue weighted by molar-refractivity contribution is 7.80. The Morgan fingerprint density at radius 3 is 2.45 bits per heavy atom. The van der Waals surface area contributed by atoms with Crippen LogP contribution in [0.1, 0.15) is 15.9 Å². The van der Waals surface area contributed by atoms with E-state index in [-0.39, 0.29) is 11.5 Å². The monoisotopic (exact) mass is 287 g/mol. The molecule has 1 aromatic heterocycles. The van der Waals surface area contributed by atoms with Crippen molar-refractivity contribution >= 4 is 28.8 Å². The van der Waals surface area contributed by atoms with Gasteiger partial charge in [-0.05, 0) is 23.8 Å². The Morgan fingerprint density at radius 2 is 1.90 bits per heavy atom. The van der Waals surface area contributed by atoms with E-state index in [0.717, 1.165) is 5.56 Å². The van der Waals surface area contributed by atoms with Gasteiger partial charge >= 0.3 is 0 Å². The number of thiocarbonyl (C=S) groups is 1. The number of carbonyl (C=O) groups excluding carboxylic acids is 1. The highest BCUT2D eigenvalue weighted by atomic mass is 32.1. The lowest BCUT2D eigenvalue weighted by Gasteiger charge is -2.06. The summed E-state index contributed by atoms with van der Waals surface area (Å²) in [7, 11) is 0. The van der Waals surface area contributed by atoms with Gasteiger partial charge in [-0.1, -0.05) is 24.4 Å². The minimum absolute atomic E-state index is 0.247. The first-order valence-corrected chi connectivity index (χ1v) is 6.33. The molecule has 4 N–H and O–H groups in total. The van der Waals surface area contributed by atoms with Crippen LogP contribution in [0.5, 0.6) is 0 Å². The van der Waals surface area contributed by atoms with Crippen molar-refractivity contribution in [2.45, 2.75) is 6.42 Å². The number of benzene rings is 1. The molecule has 0 unspecified atom stereocenters. The molecule has 5 nitrogen and oxygen atoms in total. The van der Waals surface area contributed by atoms with Crippen LogP contribution in [0.2, 0.25) is 0 Å². The third kappa shape index (κ3) is 3.76. The van der Waals surface area contributed by atoms with E-state index in [1.54, 1.807) is 12.1 Å². The van der Waals surface area contributed by atoms with Crippen molar-refractivity contribution < 1.29 is 4.79 Å². The lowest BCUT2D eigenvalue weighted by molar-refractivity contribution is 0.102. The number of amides is 1. The van der Waals surface area contributed by atoms with Crippen LogP contribution in [0.4, 0.5) is 5.69 Å². The van der Waals surface area contributed by atoms with Crippen LogP contribution in [0.15, 0.2) is 47.4 Å². The molecule has 102 valence electrons. The number of nitrogens with one attached hydrogen (secondary N) is 2. The van der Waals surface area contributed by atoms with E-state index in [2.05, 4.69) is 10.3 Å². The second kappa shape index (κ2) is 6.12. The molecule has 0 fully saturated rings. The first kappa shape index (κ1) is 14.0. The number of H-pyrrole nitrogens is 1. The van der Waals surface area contributed by atoms with Gasteiger partial charge in [0.15, 0.2) is 0 Å². The van der Waals surface area contributed by atoms with E-state index in [1.165, 1.54) is 18.3 Å². The minimum Gasteiger partial charge on any atom is -0.393 e. The molecule has 0 aliphatic carbocycles. The molecule has 2 aromatic rings. The fourth-order valence-electron chi connectivity index (χ4n) is 1.66. The fraction of sp³-hybridized carbons (Fsp3) is 0.0714. The standard InChI is InChI=1S/C14H13N3O2S/c15-12(20)7-9-1-4-11(5-2-9)17-14(19)10-3-6-13(18)16-8-10/h1-6,8H,7H2,(H2,15,20)(H,16,18)(H,17,19). The Morgan fingerprint density at radius 1 is 1.20 bits per heavy atom. The van der Waals surface area contributed by atoms with Gasteiger partial charge in [-0.15, -0.1) is 0 Å². The van der Waals surface area contributed by atoms with Gasteiger partial charge < -0.3 is 16.0 Å². The number of anilines is 1. The molecule has 1 amide bonds. The molecule has 0 saturated carbocycles. The SMILES string of the molecule is NC(=S)Cc1ccc(NC(=O)c2ccc(=O)[nH]c2)cc1. The average Bonchev–Trinajstić information content (AvgIpc) is 2.41. The van der Waals surface area contributed by atoms with Crippen LogP contribution in [-0.2, 0) is 6.42 Å². The smallest absolute Gasteiger partial charge is 0.257 e. The number of aromatic amines is 1. The number of carbonyl (C=O) groups is 1. The zero-order valence-electron chi connectivity index (χ0n) is 10.6. The first-order valence-electron chi connectivity index (χ1n) is 5.92. The summed E-state index contributed by atoms with van der Waals surface area (Å²) in [6.07, 6.45) is 1.91. The molecule has 20 heavy (non-hydrogen) atoms. The zero-order valence-corrected chi connectivity index (χ0v) is 11.4. The fourth-order valence-corrected chi connectivity index (χ4v) is 1.83. The lowest BCUT2D eigenvalue weighted by Crippen LogP contribution is -2.14. The number of aromatic nitrogens is 1. The first-order chi connectivity index (χ1) is 9.54. The van der Waals surface area contributed by atoms with E-state index in [4.69, 9.17) is 18.0 Å². The van der Waals surface area contributed by atoms with Gasteiger partial charge in [-0.2, -0.15) is 0 Å². The predicted octanol–water partition coefficient (Wildman–Crippen LogP) is 1.46. The van der Waals surface area contributed by atoms with Crippen molar-refractivity contribution in [3.8, 4) is 0 Å². The van der Waals surface area contributed by atoms with Crippen LogP contribution in [0.25, 0.3) is 0 Å². The Labute approximate surface area is 120 Å². The molecule has 6 heteroatoms. The molecule has 1 heterocycles. The van der Waals surface area contributed by atoms with Crippen molar-refractivity contribution in [1.82, 2.24) is 4.98 Å². The molecule has 1 aromatic carbocycles. The maximum Gasteiger partial charge on any atom is 0.257 e. The molecule has 0 saturated heterocycles. The molecule has 2 rings (SSSR count). The Bertz CT molecular complexity index is 672. The average molecular weight is 287 g/mol. The van der Waals surface area contributed by atoms with E-state index < -0.39 is 0 Å². The second-order valence-corrected chi connectivity index (χ2v) is 4.76. The number of hydrogen-bond donors (Lipinski definition) is 3. The summed E-state index contributed by atoms with van der Waals surface area (Å²) in [5, 5.41) is 2.73. The van der Waals surface area contributed by atoms with Gasteiger partial charge in [0.25, 0.3) is 5.91 Å². The molecule has 0 atom stereocenters. The second-order valence-electron chi connectivity index (χ2n) is 4.24. The summed E-state index contributed by atoms with van der Waals surface area (Å²) in [6.45, 7) is 0. The summed E-state index contributed by atoms with van der Waals surface area (Å²) >= 11 is 4.83. The number of rotatable bonds is 4. The van der Waals surface area contributed by atoms with E-state index >= 15 is 0 Å². The third-order valence-electron chi connectivity index (χ3n) is 2.64. The summed E-state index contributed by atoms with van der Waals surface area (Å²) in [5.74, 6) is -0.289. The predicted molar refractivity (Wildman–Crippen MR) is 81.9 cm³/mol. The van der Waals surface area contributed by atoms with Crippen molar-refractivity contribution in [3.05, 3.63) is 64.1 Å². The summed E-state index contributed by atoms with van der Waals surface area (Å²) in [4.78, 5) is 25.7. The maximum atomic E-state index is 11.9. The van der Waals surface area contributed by atoms with Crippen molar-refractivity contribution in [3.63, 3.8) is 0 Å². The topological polar surface area (TPSA) is 88.0 Å². The number of hydrogen-bond acceptors (Lipinski definition) is 3. The molecular formula is C14H13N3O2S.